The fraction of sp³-hybridized carbons (Fsp3) is 0.211. The monoisotopic (exact) mass is 422 g/mol. The van der Waals surface area contributed by atoms with Crippen LogP contribution in [0.1, 0.15) is 22.8 Å². The van der Waals surface area contributed by atoms with E-state index in [0.29, 0.717) is 9.82 Å². The number of rotatable bonds is 4. The molecule has 0 N–H and O–H groups in total. The minimum absolute atomic E-state index is 0.0286. The number of thiazole rings is 1. The van der Waals surface area contributed by atoms with Crippen LogP contribution < -0.4 is 4.80 Å². The molecule has 0 radical (unpaired) electrons. The lowest BCUT2D eigenvalue weighted by Crippen LogP contribution is -2.23. The smallest absolute Gasteiger partial charge is 0.326 e. The predicted octanol–water partition coefficient (Wildman–Crippen LogP) is 4.62. The van der Waals surface area contributed by atoms with Gasteiger partial charge >= 0.3 is 5.97 Å². The molecule has 0 atom stereocenters. The van der Waals surface area contributed by atoms with Crippen molar-refractivity contribution in [2.24, 2.45) is 4.99 Å². The Labute approximate surface area is 169 Å². The first-order valence-corrected chi connectivity index (χ1v) is 9.76. The Kier molecular flexibility index (Phi) is 5.99. The number of hydrogen-bond donors (Lipinski definition) is 0. The van der Waals surface area contributed by atoms with Gasteiger partial charge in [0.05, 0.1) is 27.4 Å². The highest BCUT2D eigenvalue weighted by atomic mass is 35.5. The summed E-state index contributed by atoms with van der Waals surface area (Å²) in [6, 6.07) is 10.4. The van der Waals surface area contributed by atoms with Gasteiger partial charge in [0.1, 0.15) is 6.54 Å². The van der Waals surface area contributed by atoms with Gasteiger partial charge in [0.2, 0.25) is 0 Å². The van der Waals surface area contributed by atoms with Crippen molar-refractivity contribution in [1.82, 2.24) is 4.57 Å². The van der Waals surface area contributed by atoms with Crippen molar-refractivity contribution in [1.29, 1.82) is 0 Å². The summed E-state index contributed by atoms with van der Waals surface area (Å²) in [7, 11) is 0. The molecule has 0 saturated carbocycles. The van der Waals surface area contributed by atoms with Gasteiger partial charge in [-0.15, -0.1) is 0 Å². The maximum Gasteiger partial charge on any atom is 0.326 e. The summed E-state index contributed by atoms with van der Waals surface area (Å²) in [5.41, 5.74) is 2.08. The Morgan fingerprint density at radius 2 is 2.00 bits per heavy atom. The van der Waals surface area contributed by atoms with Crippen molar-refractivity contribution in [2.75, 3.05) is 6.61 Å². The molecule has 0 bridgehead atoms. The molecular weight excluding hydrogens is 407 g/mol. The number of hydrogen-bond acceptors (Lipinski definition) is 4. The SMILES string of the molecule is CCOC(=O)Cn1c(=NC(=O)c2ccc(Cl)cc2Cl)sc2cccc(C)c21. The molecule has 5 nitrogen and oxygen atoms in total. The molecule has 0 aliphatic heterocycles. The average Bonchev–Trinajstić information content (AvgIpc) is 2.93. The van der Waals surface area contributed by atoms with Crippen LogP contribution in [0, 0.1) is 6.92 Å². The van der Waals surface area contributed by atoms with E-state index in [0.717, 1.165) is 15.8 Å². The van der Waals surface area contributed by atoms with Crippen molar-refractivity contribution in [2.45, 2.75) is 20.4 Å². The van der Waals surface area contributed by atoms with Crippen LogP contribution in [-0.4, -0.2) is 23.1 Å². The van der Waals surface area contributed by atoms with E-state index in [1.807, 2.05) is 25.1 Å². The maximum absolute atomic E-state index is 12.7. The third kappa shape index (κ3) is 4.24. The molecule has 0 unspecified atom stereocenters. The Morgan fingerprint density at radius 1 is 1.22 bits per heavy atom. The second-order valence-corrected chi connectivity index (χ2v) is 7.59. The Morgan fingerprint density at radius 3 is 2.70 bits per heavy atom. The summed E-state index contributed by atoms with van der Waals surface area (Å²) in [6.07, 6.45) is 0. The summed E-state index contributed by atoms with van der Waals surface area (Å²) in [6.45, 7) is 3.95. The van der Waals surface area contributed by atoms with Gasteiger partial charge in [-0.1, -0.05) is 46.7 Å². The van der Waals surface area contributed by atoms with E-state index in [-0.39, 0.29) is 29.7 Å². The topological polar surface area (TPSA) is 60.7 Å². The Bertz CT molecular complexity index is 1100. The largest absolute Gasteiger partial charge is 0.465 e. The quantitative estimate of drug-likeness (QED) is 0.576. The van der Waals surface area contributed by atoms with Crippen LogP contribution in [-0.2, 0) is 16.1 Å². The van der Waals surface area contributed by atoms with Gasteiger partial charge in [-0.3, -0.25) is 9.59 Å². The fourth-order valence-corrected chi connectivity index (χ4v) is 4.28. The molecule has 2 aromatic carbocycles. The number of fused-ring (bicyclic) bond motifs is 1. The number of carbonyl (C=O) groups is 2. The van der Waals surface area contributed by atoms with Crippen LogP contribution in [0.15, 0.2) is 41.4 Å². The van der Waals surface area contributed by atoms with Gasteiger partial charge in [-0.05, 0) is 43.7 Å². The highest BCUT2D eigenvalue weighted by Gasteiger charge is 2.15. The van der Waals surface area contributed by atoms with Crippen molar-refractivity contribution in [3.8, 4) is 0 Å². The molecule has 8 heteroatoms. The Balaban J connectivity index is 2.14. The Hall–Kier alpha value is -2.15. The van der Waals surface area contributed by atoms with Crippen molar-refractivity contribution < 1.29 is 14.3 Å². The first kappa shape index (κ1) is 19.6. The second kappa shape index (κ2) is 8.25. The van der Waals surface area contributed by atoms with Gasteiger partial charge in [-0.25, -0.2) is 0 Å². The molecule has 0 saturated heterocycles. The fourth-order valence-electron chi connectivity index (χ4n) is 2.68. The molecule has 140 valence electrons. The van der Waals surface area contributed by atoms with Gasteiger partial charge in [0, 0.05) is 5.02 Å². The van der Waals surface area contributed by atoms with E-state index < -0.39 is 5.91 Å². The van der Waals surface area contributed by atoms with Gasteiger partial charge in [-0.2, -0.15) is 4.99 Å². The van der Waals surface area contributed by atoms with E-state index in [2.05, 4.69) is 4.99 Å². The number of amides is 1. The molecule has 1 heterocycles. The van der Waals surface area contributed by atoms with Crippen LogP contribution in [0.4, 0.5) is 0 Å². The predicted molar refractivity (Wildman–Crippen MR) is 108 cm³/mol. The molecular formula is C19H16Cl2N2O3S. The van der Waals surface area contributed by atoms with E-state index >= 15 is 0 Å². The van der Waals surface area contributed by atoms with Crippen LogP contribution in [0.2, 0.25) is 10.0 Å². The highest BCUT2D eigenvalue weighted by molar-refractivity contribution is 7.16. The van der Waals surface area contributed by atoms with Gasteiger partial charge < -0.3 is 9.30 Å². The zero-order valence-corrected chi connectivity index (χ0v) is 17.0. The number of carbonyl (C=O) groups excluding carboxylic acids is 2. The molecule has 1 aromatic heterocycles. The number of ether oxygens (including phenoxy) is 1. The summed E-state index contributed by atoms with van der Waals surface area (Å²) < 4.78 is 7.69. The molecule has 0 spiro atoms. The van der Waals surface area contributed by atoms with Gasteiger partial charge in [0.25, 0.3) is 5.91 Å². The van der Waals surface area contributed by atoms with Crippen molar-refractivity contribution in [3.63, 3.8) is 0 Å². The molecule has 1 amide bonds. The number of esters is 1. The summed E-state index contributed by atoms with van der Waals surface area (Å²) in [5.74, 6) is -0.891. The van der Waals surface area contributed by atoms with Crippen LogP contribution in [0.3, 0.4) is 0 Å². The lowest BCUT2D eigenvalue weighted by Gasteiger charge is -2.07. The number of para-hydroxylation sites is 1. The maximum atomic E-state index is 12.7. The molecule has 27 heavy (non-hydrogen) atoms. The first-order valence-electron chi connectivity index (χ1n) is 8.19. The molecule has 3 rings (SSSR count). The highest BCUT2D eigenvalue weighted by Crippen LogP contribution is 2.23. The number of halogens is 2. The van der Waals surface area contributed by atoms with E-state index in [4.69, 9.17) is 27.9 Å². The standard InChI is InChI=1S/C19H16Cl2N2O3S/c1-3-26-16(24)10-23-17-11(2)5-4-6-15(17)27-19(23)22-18(25)13-8-7-12(20)9-14(13)21/h4-9H,3,10H2,1-2H3. The lowest BCUT2D eigenvalue weighted by atomic mass is 10.2. The molecule has 0 fully saturated rings. The third-order valence-electron chi connectivity index (χ3n) is 3.85. The van der Waals surface area contributed by atoms with Gasteiger partial charge in [0.15, 0.2) is 4.80 Å². The number of benzene rings is 2. The molecule has 0 aliphatic carbocycles. The minimum atomic E-state index is -0.501. The zero-order valence-electron chi connectivity index (χ0n) is 14.7. The van der Waals surface area contributed by atoms with E-state index in [9.17, 15) is 9.59 Å². The van der Waals surface area contributed by atoms with Crippen LogP contribution >= 0.6 is 34.5 Å². The van der Waals surface area contributed by atoms with E-state index in [1.165, 1.54) is 23.5 Å². The minimum Gasteiger partial charge on any atom is -0.465 e. The summed E-state index contributed by atoms with van der Waals surface area (Å²) in [4.78, 5) is 29.3. The van der Waals surface area contributed by atoms with E-state index in [1.54, 1.807) is 17.6 Å². The summed E-state index contributed by atoms with van der Waals surface area (Å²) in [5, 5.41) is 0.664. The van der Waals surface area contributed by atoms with Crippen LogP contribution in [0.25, 0.3) is 10.2 Å². The zero-order chi connectivity index (χ0) is 19.6. The average molecular weight is 423 g/mol. The van der Waals surface area contributed by atoms with Crippen LogP contribution in [0.5, 0.6) is 0 Å². The number of nitrogens with zero attached hydrogens (tertiary/aromatic N) is 2. The molecule has 3 aromatic rings. The second-order valence-electron chi connectivity index (χ2n) is 5.74. The van der Waals surface area contributed by atoms with Crippen molar-refractivity contribution >= 4 is 56.6 Å². The summed E-state index contributed by atoms with van der Waals surface area (Å²) >= 11 is 13.3. The normalized spacial score (nSPS) is 11.8. The lowest BCUT2D eigenvalue weighted by molar-refractivity contribution is -0.143. The first-order chi connectivity index (χ1) is 12.9. The van der Waals surface area contributed by atoms with Crippen molar-refractivity contribution in [3.05, 3.63) is 62.4 Å². The third-order valence-corrected chi connectivity index (χ3v) is 5.45. The molecule has 0 aliphatic rings. The number of aryl methyl sites for hydroxylation is 1. The number of aromatic nitrogens is 1.